The Balaban J connectivity index is 2.36. The fourth-order valence-electron chi connectivity index (χ4n) is 0.714. The zero-order chi connectivity index (χ0) is 7.94. The number of allylic oxidation sites excluding steroid dienone is 4. The van der Waals surface area contributed by atoms with Gasteiger partial charge in [-0.05, 0) is 6.08 Å². The molecule has 0 unspecified atom stereocenters. The first kappa shape index (κ1) is 7.55. The molecule has 0 radical (unpaired) electrons. The van der Waals surface area contributed by atoms with Crippen molar-refractivity contribution in [1.29, 1.82) is 5.26 Å². The number of rotatable bonds is 2. The topological polar surface area (TPSA) is 45.4 Å². The fraction of sp³-hybridized carbons (Fsp3) is 0.250. The summed E-state index contributed by atoms with van der Waals surface area (Å²) >= 11 is 0. The average molecular weight is 148 g/mol. The summed E-state index contributed by atoms with van der Waals surface area (Å²) in [5.41, 5.74) is 0.850. The molecule has 0 aromatic heterocycles. The van der Waals surface area contributed by atoms with Crippen LogP contribution in [0.1, 0.15) is 6.42 Å². The minimum absolute atomic E-state index is 0.0149. The van der Waals surface area contributed by atoms with Gasteiger partial charge in [-0.25, -0.2) is 0 Å². The monoisotopic (exact) mass is 148 g/mol. The predicted molar refractivity (Wildman–Crippen MR) is 41.9 cm³/mol. The normalized spacial score (nSPS) is 18.3. The molecule has 0 aromatic rings. The average Bonchev–Trinajstić information content (AvgIpc) is 2.07. The summed E-state index contributed by atoms with van der Waals surface area (Å²) in [7, 11) is 0. The minimum atomic E-state index is 0.0149. The molecule has 1 aliphatic rings. The van der Waals surface area contributed by atoms with Crippen molar-refractivity contribution in [1.82, 2.24) is 0 Å². The Hall–Kier alpha value is -1.56. The molecule has 0 N–H and O–H groups in total. The van der Waals surface area contributed by atoms with Crippen molar-refractivity contribution in [2.45, 2.75) is 6.42 Å². The molecule has 0 saturated heterocycles. The summed E-state index contributed by atoms with van der Waals surface area (Å²) in [6.45, 7) is 0.0149. The van der Waals surface area contributed by atoms with Gasteiger partial charge in [0.1, 0.15) is 6.07 Å². The van der Waals surface area contributed by atoms with Crippen LogP contribution in [0.25, 0.3) is 0 Å². The molecule has 0 saturated carbocycles. The van der Waals surface area contributed by atoms with Crippen LogP contribution in [0.3, 0.4) is 0 Å². The van der Waals surface area contributed by atoms with Crippen LogP contribution in [-0.2, 0) is 4.84 Å². The number of nitriles is 1. The number of oxime groups is 1. The minimum Gasteiger partial charge on any atom is -0.380 e. The van der Waals surface area contributed by atoms with E-state index in [-0.39, 0.29) is 6.61 Å². The molecule has 56 valence electrons. The molecular weight excluding hydrogens is 140 g/mol. The van der Waals surface area contributed by atoms with Gasteiger partial charge in [-0.15, -0.1) is 0 Å². The molecular formula is C8H8N2O. The lowest BCUT2D eigenvalue weighted by Gasteiger charge is -1.98. The molecule has 0 heterocycles. The maximum atomic E-state index is 8.12. The van der Waals surface area contributed by atoms with Crippen LogP contribution in [0.15, 0.2) is 29.5 Å². The van der Waals surface area contributed by atoms with E-state index in [4.69, 9.17) is 5.26 Å². The van der Waals surface area contributed by atoms with Crippen molar-refractivity contribution in [3.63, 3.8) is 0 Å². The van der Waals surface area contributed by atoms with Gasteiger partial charge in [-0.2, -0.15) is 5.26 Å². The van der Waals surface area contributed by atoms with Crippen LogP contribution < -0.4 is 0 Å². The Morgan fingerprint density at radius 3 is 3.18 bits per heavy atom. The largest absolute Gasteiger partial charge is 0.380 e. The summed E-state index contributed by atoms with van der Waals surface area (Å²) < 4.78 is 0. The van der Waals surface area contributed by atoms with Crippen molar-refractivity contribution in [2.75, 3.05) is 6.61 Å². The third-order valence-corrected chi connectivity index (χ3v) is 1.17. The highest BCUT2D eigenvalue weighted by molar-refractivity contribution is 5.96. The molecule has 0 aliphatic heterocycles. The number of hydrogen-bond donors (Lipinski definition) is 0. The van der Waals surface area contributed by atoms with E-state index in [9.17, 15) is 0 Å². The molecule has 0 aromatic carbocycles. The molecule has 0 bridgehead atoms. The second-order valence-electron chi connectivity index (χ2n) is 2.01. The molecule has 0 amide bonds. The number of hydrogen-bond acceptors (Lipinski definition) is 3. The Labute approximate surface area is 65.3 Å². The summed E-state index contributed by atoms with van der Waals surface area (Å²) in [6, 6.07) is 1.84. The van der Waals surface area contributed by atoms with Crippen molar-refractivity contribution < 1.29 is 4.84 Å². The lowest BCUT2D eigenvalue weighted by molar-refractivity contribution is 0.178. The highest BCUT2D eigenvalue weighted by Gasteiger charge is 1.94. The van der Waals surface area contributed by atoms with E-state index in [0.29, 0.717) is 0 Å². The van der Waals surface area contributed by atoms with Crippen LogP contribution in [0.5, 0.6) is 0 Å². The van der Waals surface area contributed by atoms with Gasteiger partial charge in [0.05, 0.1) is 5.71 Å². The molecule has 0 atom stereocenters. The van der Waals surface area contributed by atoms with Crippen LogP contribution in [0.2, 0.25) is 0 Å². The van der Waals surface area contributed by atoms with E-state index in [1.54, 1.807) is 0 Å². The van der Waals surface area contributed by atoms with Crippen molar-refractivity contribution in [2.24, 2.45) is 5.16 Å². The van der Waals surface area contributed by atoms with Crippen molar-refractivity contribution in [3.8, 4) is 6.07 Å². The second-order valence-corrected chi connectivity index (χ2v) is 2.01. The van der Waals surface area contributed by atoms with Gasteiger partial charge in [-0.1, -0.05) is 23.4 Å². The van der Waals surface area contributed by atoms with Gasteiger partial charge < -0.3 is 4.84 Å². The maximum absolute atomic E-state index is 8.12. The van der Waals surface area contributed by atoms with E-state index < -0.39 is 0 Å². The zero-order valence-electron chi connectivity index (χ0n) is 6.03. The molecule has 11 heavy (non-hydrogen) atoms. The van der Waals surface area contributed by atoms with E-state index in [1.165, 1.54) is 0 Å². The molecule has 3 nitrogen and oxygen atoms in total. The first-order valence-corrected chi connectivity index (χ1v) is 3.32. The standard InChI is InChI=1S/C8H8N2O/c9-6-7-11-10-8-4-2-1-3-5-8/h1-4H,5,7H2/b10-8+. The third kappa shape index (κ3) is 2.67. The first-order valence-electron chi connectivity index (χ1n) is 3.32. The Morgan fingerprint density at radius 1 is 1.64 bits per heavy atom. The lowest BCUT2D eigenvalue weighted by atomic mass is 10.2. The predicted octanol–water partition coefficient (Wildman–Crippen LogP) is 1.40. The van der Waals surface area contributed by atoms with Gasteiger partial charge in [0, 0.05) is 6.42 Å². The van der Waals surface area contributed by atoms with Crippen molar-refractivity contribution in [3.05, 3.63) is 24.3 Å². The highest BCUT2D eigenvalue weighted by atomic mass is 16.6. The van der Waals surface area contributed by atoms with Gasteiger partial charge >= 0.3 is 0 Å². The van der Waals surface area contributed by atoms with Crippen LogP contribution in [-0.4, -0.2) is 12.3 Å². The molecule has 1 rings (SSSR count). The highest BCUT2D eigenvalue weighted by Crippen LogP contribution is 1.99. The van der Waals surface area contributed by atoms with E-state index in [1.807, 2.05) is 30.4 Å². The van der Waals surface area contributed by atoms with Gasteiger partial charge in [0.15, 0.2) is 0 Å². The smallest absolute Gasteiger partial charge is 0.202 e. The van der Waals surface area contributed by atoms with E-state index in [2.05, 4.69) is 9.99 Å². The van der Waals surface area contributed by atoms with Crippen LogP contribution in [0.4, 0.5) is 0 Å². The molecule has 3 heteroatoms. The van der Waals surface area contributed by atoms with Gasteiger partial charge in [0.2, 0.25) is 6.61 Å². The summed E-state index contributed by atoms with van der Waals surface area (Å²) in [5, 5.41) is 11.8. The van der Waals surface area contributed by atoms with Crippen LogP contribution in [0, 0.1) is 11.3 Å². The summed E-state index contributed by atoms with van der Waals surface area (Å²) in [6.07, 6.45) is 8.45. The molecule has 0 spiro atoms. The Bertz CT molecular complexity index is 245. The van der Waals surface area contributed by atoms with E-state index in [0.717, 1.165) is 12.1 Å². The lowest BCUT2D eigenvalue weighted by Crippen LogP contribution is -1.96. The van der Waals surface area contributed by atoms with Crippen molar-refractivity contribution >= 4 is 5.71 Å². The quantitative estimate of drug-likeness (QED) is 0.439. The Kier molecular flexibility index (Phi) is 2.94. The van der Waals surface area contributed by atoms with Gasteiger partial charge in [0.25, 0.3) is 0 Å². The first-order chi connectivity index (χ1) is 5.43. The molecule has 0 fully saturated rings. The third-order valence-electron chi connectivity index (χ3n) is 1.17. The maximum Gasteiger partial charge on any atom is 0.202 e. The fourth-order valence-corrected chi connectivity index (χ4v) is 0.714. The SMILES string of the molecule is N#CCO/N=C1\C=CC=CC1. The number of nitrogens with zero attached hydrogens (tertiary/aromatic N) is 2. The summed E-state index contributed by atoms with van der Waals surface area (Å²) in [5.74, 6) is 0. The van der Waals surface area contributed by atoms with Gasteiger partial charge in [-0.3, -0.25) is 0 Å². The second kappa shape index (κ2) is 4.29. The van der Waals surface area contributed by atoms with Crippen LogP contribution >= 0.6 is 0 Å². The van der Waals surface area contributed by atoms with E-state index >= 15 is 0 Å². The summed E-state index contributed by atoms with van der Waals surface area (Å²) in [4.78, 5) is 4.66. The Morgan fingerprint density at radius 2 is 2.55 bits per heavy atom. The molecule has 1 aliphatic carbocycles. The zero-order valence-corrected chi connectivity index (χ0v) is 6.03.